The number of allylic oxidation sites excluding steroid dienone is 1. The molecule has 0 saturated heterocycles. The van der Waals surface area contributed by atoms with Gasteiger partial charge in [-0.15, -0.1) is 11.3 Å². The molecule has 1 aromatic carbocycles. The van der Waals surface area contributed by atoms with E-state index in [2.05, 4.69) is 25.6 Å². The summed E-state index contributed by atoms with van der Waals surface area (Å²) in [7, 11) is 0. The van der Waals surface area contributed by atoms with Gasteiger partial charge in [0.15, 0.2) is 0 Å². The highest BCUT2D eigenvalue weighted by atomic mass is 32.1. The molecule has 2 heterocycles. The molecule has 0 radical (unpaired) electrons. The standard InChI is InChI=1S/C21H22N2OS/c1-13(2)12-23-19(15-8-6-7-14(3)11-15)22-20-18(21(23)24)16-9-4-5-10-17(16)25-20/h6-8,11H,1,4-5,9-10,12H2,2-3H3. The molecule has 1 aliphatic carbocycles. The number of nitrogens with zero attached hydrogens (tertiary/aromatic N) is 2. The van der Waals surface area contributed by atoms with Gasteiger partial charge >= 0.3 is 0 Å². The van der Waals surface area contributed by atoms with Gasteiger partial charge < -0.3 is 0 Å². The summed E-state index contributed by atoms with van der Waals surface area (Å²) in [5.41, 5.74) is 4.45. The second kappa shape index (κ2) is 6.26. The Bertz CT molecular complexity index is 1040. The van der Waals surface area contributed by atoms with Gasteiger partial charge in [-0.05, 0) is 51.2 Å². The van der Waals surface area contributed by atoms with Crippen LogP contribution in [-0.2, 0) is 19.4 Å². The van der Waals surface area contributed by atoms with Crippen LogP contribution in [-0.4, -0.2) is 9.55 Å². The summed E-state index contributed by atoms with van der Waals surface area (Å²) < 4.78 is 1.81. The van der Waals surface area contributed by atoms with E-state index in [4.69, 9.17) is 4.98 Å². The minimum atomic E-state index is 0.0870. The van der Waals surface area contributed by atoms with Crippen molar-refractivity contribution in [2.75, 3.05) is 0 Å². The molecule has 2 aromatic heterocycles. The summed E-state index contributed by atoms with van der Waals surface area (Å²) in [6.07, 6.45) is 4.46. The molecule has 0 fully saturated rings. The lowest BCUT2D eigenvalue weighted by Crippen LogP contribution is -2.24. The number of aryl methyl sites for hydroxylation is 3. The molecular formula is C21H22N2OS. The summed E-state index contributed by atoms with van der Waals surface area (Å²) in [6.45, 7) is 8.54. The molecule has 0 unspecified atom stereocenters. The van der Waals surface area contributed by atoms with Crippen LogP contribution in [0.2, 0.25) is 0 Å². The van der Waals surface area contributed by atoms with E-state index in [1.54, 1.807) is 15.9 Å². The smallest absolute Gasteiger partial charge is 0.263 e. The van der Waals surface area contributed by atoms with Gasteiger partial charge in [-0.1, -0.05) is 35.9 Å². The highest BCUT2D eigenvalue weighted by Crippen LogP contribution is 2.35. The fourth-order valence-electron chi connectivity index (χ4n) is 3.66. The zero-order chi connectivity index (χ0) is 17.6. The first-order valence-corrected chi connectivity index (χ1v) is 9.63. The van der Waals surface area contributed by atoms with Crippen molar-refractivity contribution < 1.29 is 0 Å². The van der Waals surface area contributed by atoms with Gasteiger partial charge in [-0.25, -0.2) is 4.98 Å². The molecule has 0 N–H and O–H groups in total. The van der Waals surface area contributed by atoms with Gasteiger partial charge in [0, 0.05) is 17.0 Å². The molecule has 0 spiro atoms. The van der Waals surface area contributed by atoms with Crippen LogP contribution in [0.3, 0.4) is 0 Å². The van der Waals surface area contributed by atoms with Crippen molar-refractivity contribution in [1.82, 2.24) is 9.55 Å². The molecular weight excluding hydrogens is 328 g/mol. The molecule has 3 nitrogen and oxygen atoms in total. The molecule has 0 amide bonds. The monoisotopic (exact) mass is 350 g/mol. The van der Waals surface area contributed by atoms with E-state index in [9.17, 15) is 4.79 Å². The average molecular weight is 350 g/mol. The minimum absolute atomic E-state index is 0.0870. The zero-order valence-electron chi connectivity index (χ0n) is 14.8. The van der Waals surface area contributed by atoms with Gasteiger partial charge in [0.05, 0.1) is 5.39 Å². The van der Waals surface area contributed by atoms with Crippen molar-refractivity contribution in [2.24, 2.45) is 0 Å². The zero-order valence-corrected chi connectivity index (χ0v) is 15.6. The third-order valence-electron chi connectivity index (χ3n) is 4.78. The van der Waals surface area contributed by atoms with Crippen molar-refractivity contribution in [1.29, 1.82) is 0 Å². The summed E-state index contributed by atoms with van der Waals surface area (Å²) in [6, 6.07) is 8.21. The predicted octanol–water partition coefficient (Wildman–Crippen LogP) is 4.89. The van der Waals surface area contributed by atoms with Crippen molar-refractivity contribution in [3.05, 3.63) is 62.8 Å². The number of hydrogen-bond acceptors (Lipinski definition) is 3. The Hall–Kier alpha value is -2.20. The highest BCUT2D eigenvalue weighted by Gasteiger charge is 2.22. The molecule has 0 bridgehead atoms. The lowest BCUT2D eigenvalue weighted by atomic mass is 9.97. The number of fused-ring (bicyclic) bond motifs is 3. The Morgan fingerprint density at radius 1 is 1.32 bits per heavy atom. The second-order valence-corrected chi connectivity index (χ2v) is 8.13. The van der Waals surface area contributed by atoms with E-state index in [1.807, 2.05) is 19.1 Å². The van der Waals surface area contributed by atoms with E-state index >= 15 is 0 Å². The molecule has 0 aliphatic heterocycles. The molecule has 0 atom stereocenters. The number of thiophene rings is 1. The van der Waals surface area contributed by atoms with E-state index < -0.39 is 0 Å². The average Bonchev–Trinajstić information content (AvgIpc) is 2.95. The SMILES string of the molecule is C=C(C)Cn1c(-c2cccc(C)c2)nc2sc3c(c2c1=O)CCCC3. The molecule has 25 heavy (non-hydrogen) atoms. The van der Waals surface area contributed by atoms with E-state index in [0.717, 1.165) is 40.0 Å². The Morgan fingerprint density at radius 3 is 2.88 bits per heavy atom. The highest BCUT2D eigenvalue weighted by molar-refractivity contribution is 7.18. The molecule has 4 rings (SSSR count). The van der Waals surface area contributed by atoms with Crippen molar-refractivity contribution in [3.8, 4) is 11.4 Å². The summed E-state index contributed by atoms with van der Waals surface area (Å²) in [5.74, 6) is 0.753. The van der Waals surface area contributed by atoms with Crippen LogP contribution in [0.1, 0.15) is 35.8 Å². The fraction of sp³-hybridized carbons (Fsp3) is 0.333. The Balaban J connectivity index is 2.04. The maximum Gasteiger partial charge on any atom is 0.263 e. The number of rotatable bonds is 3. The molecule has 4 heteroatoms. The topological polar surface area (TPSA) is 34.9 Å². The van der Waals surface area contributed by atoms with Gasteiger partial charge in [0.25, 0.3) is 5.56 Å². The van der Waals surface area contributed by atoms with Crippen molar-refractivity contribution >= 4 is 21.6 Å². The van der Waals surface area contributed by atoms with Crippen LogP contribution in [0.15, 0.2) is 41.2 Å². The third kappa shape index (κ3) is 2.85. The van der Waals surface area contributed by atoms with Crippen molar-refractivity contribution in [3.63, 3.8) is 0 Å². The van der Waals surface area contributed by atoms with E-state index in [1.165, 1.54) is 28.8 Å². The summed E-state index contributed by atoms with van der Waals surface area (Å²) >= 11 is 1.71. The predicted molar refractivity (Wildman–Crippen MR) is 106 cm³/mol. The molecule has 128 valence electrons. The first-order chi connectivity index (χ1) is 12.0. The fourth-order valence-corrected chi connectivity index (χ4v) is 4.91. The molecule has 0 saturated carbocycles. The number of hydrogen-bond donors (Lipinski definition) is 0. The van der Waals surface area contributed by atoms with Gasteiger partial charge in [-0.2, -0.15) is 0 Å². The first-order valence-electron chi connectivity index (χ1n) is 8.81. The van der Waals surface area contributed by atoms with Gasteiger partial charge in [0.2, 0.25) is 0 Å². The van der Waals surface area contributed by atoms with Crippen LogP contribution in [0.4, 0.5) is 0 Å². The van der Waals surface area contributed by atoms with E-state index in [0.29, 0.717) is 6.54 Å². The number of benzene rings is 1. The molecule has 1 aliphatic rings. The third-order valence-corrected chi connectivity index (χ3v) is 5.96. The number of aromatic nitrogens is 2. The summed E-state index contributed by atoms with van der Waals surface area (Å²) in [4.78, 5) is 20.6. The first kappa shape index (κ1) is 16.3. The van der Waals surface area contributed by atoms with Crippen LogP contribution in [0.5, 0.6) is 0 Å². The van der Waals surface area contributed by atoms with Gasteiger partial charge in [0.1, 0.15) is 10.7 Å². The lowest BCUT2D eigenvalue weighted by Gasteiger charge is -2.14. The van der Waals surface area contributed by atoms with Crippen LogP contribution in [0.25, 0.3) is 21.6 Å². The van der Waals surface area contributed by atoms with Gasteiger partial charge in [-0.3, -0.25) is 9.36 Å². The maximum atomic E-state index is 13.4. The van der Waals surface area contributed by atoms with Crippen LogP contribution < -0.4 is 5.56 Å². The van der Waals surface area contributed by atoms with E-state index in [-0.39, 0.29) is 5.56 Å². The van der Waals surface area contributed by atoms with Crippen LogP contribution in [0, 0.1) is 6.92 Å². The van der Waals surface area contributed by atoms with Crippen molar-refractivity contribution in [2.45, 2.75) is 46.1 Å². The second-order valence-electron chi connectivity index (χ2n) is 7.04. The lowest BCUT2D eigenvalue weighted by molar-refractivity contribution is 0.697. The maximum absolute atomic E-state index is 13.4. The minimum Gasteiger partial charge on any atom is -0.288 e. The van der Waals surface area contributed by atoms with Crippen LogP contribution >= 0.6 is 11.3 Å². The Labute approximate surface area is 151 Å². The largest absolute Gasteiger partial charge is 0.288 e. The Morgan fingerprint density at radius 2 is 2.12 bits per heavy atom. The Kier molecular flexibility index (Phi) is 4.08. The quantitative estimate of drug-likeness (QED) is 0.631. The molecule has 3 aromatic rings. The summed E-state index contributed by atoms with van der Waals surface area (Å²) in [5, 5.41) is 0.845. The normalized spacial score (nSPS) is 13.8.